The quantitative estimate of drug-likeness (QED) is 0.885. The molecule has 5 heteroatoms. The third-order valence-corrected chi connectivity index (χ3v) is 3.00. The molecule has 19 heavy (non-hydrogen) atoms. The summed E-state index contributed by atoms with van der Waals surface area (Å²) < 4.78 is 7.33. The van der Waals surface area contributed by atoms with Crippen LogP contribution in [0.1, 0.15) is 25.1 Å². The molecular formula is C14H17ClN2O2. The summed E-state index contributed by atoms with van der Waals surface area (Å²) in [4.78, 5) is 0. The average molecular weight is 281 g/mol. The van der Waals surface area contributed by atoms with Crippen molar-refractivity contribution in [3.8, 4) is 5.75 Å². The standard InChI is InChI=1S/C14H17ClN2O2/c1-2-9-17-13(7-8-16-17)14(18)10-19-12-5-3-11(15)4-6-12/h3-8,14,18H,2,9-10H2,1H3. The lowest BCUT2D eigenvalue weighted by Gasteiger charge is -2.14. The zero-order chi connectivity index (χ0) is 13.7. The van der Waals surface area contributed by atoms with Gasteiger partial charge < -0.3 is 9.84 Å². The van der Waals surface area contributed by atoms with Crippen LogP contribution in [-0.2, 0) is 6.54 Å². The van der Waals surface area contributed by atoms with Crippen molar-refractivity contribution in [1.29, 1.82) is 0 Å². The molecule has 1 aromatic carbocycles. The molecule has 2 rings (SSSR count). The van der Waals surface area contributed by atoms with Crippen LogP contribution in [0.4, 0.5) is 0 Å². The lowest BCUT2D eigenvalue weighted by Crippen LogP contribution is -2.15. The Labute approximate surface area is 117 Å². The van der Waals surface area contributed by atoms with E-state index in [4.69, 9.17) is 16.3 Å². The zero-order valence-corrected chi connectivity index (χ0v) is 11.5. The maximum atomic E-state index is 10.1. The Kier molecular flexibility index (Phi) is 4.82. The van der Waals surface area contributed by atoms with Gasteiger partial charge in [0, 0.05) is 17.8 Å². The van der Waals surface area contributed by atoms with Crippen molar-refractivity contribution in [3.05, 3.63) is 47.2 Å². The minimum Gasteiger partial charge on any atom is -0.490 e. The monoisotopic (exact) mass is 280 g/mol. The smallest absolute Gasteiger partial charge is 0.129 e. The summed E-state index contributed by atoms with van der Waals surface area (Å²) in [6, 6.07) is 8.87. The second-order valence-corrected chi connectivity index (χ2v) is 4.70. The molecule has 0 saturated heterocycles. The molecule has 4 nitrogen and oxygen atoms in total. The van der Waals surface area contributed by atoms with Gasteiger partial charge in [-0.15, -0.1) is 0 Å². The number of nitrogens with zero attached hydrogens (tertiary/aromatic N) is 2. The third kappa shape index (κ3) is 3.72. The van der Waals surface area contributed by atoms with E-state index in [-0.39, 0.29) is 6.61 Å². The van der Waals surface area contributed by atoms with Crippen LogP contribution in [-0.4, -0.2) is 21.5 Å². The first kappa shape index (κ1) is 13.9. The molecule has 0 aliphatic heterocycles. The van der Waals surface area contributed by atoms with Crippen LogP contribution in [0.3, 0.4) is 0 Å². The number of hydrogen-bond donors (Lipinski definition) is 1. The molecule has 1 heterocycles. The summed E-state index contributed by atoms with van der Waals surface area (Å²) in [6.45, 7) is 3.05. The Bertz CT molecular complexity index is 510. The summed E-state index contributed by atoms with van der Waals surface area (Å²) in [5.41, 5.74) is 0.774. The molecule has 0 spiro atoms. The molecule has 1 aromatic heterocycles. The molecule has 0 fully saturated rings. The van der Waals surface area contributed by atoms with E-state index < -0.39 is 6.10 Å². The van der Waals surface area contributed by atoms with E-state index in [9.17, 15) is 5.11 Å². The van der Waals surface area contributed by atoms with E-state index in [1.807, 2.05) is 6.07 Å². The minimum absolute atomic E-state index is 0.192. The van der Waals surface area contributed by atoms with Crippen molar-refractivity contribution in [1.82, 2.24) is 9.78 Å². The van der Waals surface area contributed by atoms with Crippen molar-refractivity contribution >= 4 is 11.6 Å². The number of aliphatic hydroxyl groups excluding tert-OH is 1. The lowest BCUT2D eigenvalue weighted by atomic mass is 10.2. The molecule has 0 saturated carbocycles. The van der Waals surface area contributed by atoms with Crippen LogP contribution in [0.15, 0.2) is 36.5 Å². The van der Waals surface area contributed by atoms with Gasteiger partial charge in [-0.25, -0.2) is 0 Å². The minimum atomic E-state index is -0.690. The van der Waals surface area contributed by atoms with Crippen LogP contribution in [0.2, 0.25) is 5.02 Å². The predicted molar refractivity (Wildman–Crippen MR) is 74.4 cm³/mol. The highest BCUT2D eigenvalue weighted by molar-refractivity contribution is 6.30. The molecule has 1 atom stereocenters. The summed E-state index contributed by atoms with van der Waals surface area (Å²) >= 11 is 5.79. The van der Waals surface area contributed by atoms with Crippen LogP contribution in [0, 0.1) is 0 Å². The molecule has 0 amide bonds. The van der Waals surface area contributed by atoms with Gasteiger partial charge in [-0.05, 0) is 36.8 Å². The number of halogens is 1. The van der Waals surface area contributed by atoms with Gasteiger partial charge in [-0.3, -0.25) is 4.68 Å². The fourth-order valence-corrected chi connectivity index (χ4v) is 1.94. The molecule has 1 unspecified atom stereocenters. The number of hydrogen-bond acceptors (Lipinski definition) is 3. The highest BCUT2D eigenvalue weighted by Gasteiger charge is 2.13. The first-order valence-electron chi connectivity index (χ1n) is 6.29. The van der Waals surface area contributed by atoms with Crippen LogP contribution in [0.25, 0.3) is 0 Å². The summed E-state index contributed by atoms with van der Waals surface area (Å²) in [5.74, 6) is 0.685. The van der Waals surface area contributed by atoms with Gasteiger partial charge in [0.05, 0.1) is 5.69 Å². The van der Waals surface area contributed by atoms with E-state index in [0.717, 1.165) is 18.7 Å². The lowest BCUT2D eigenvalue weighted by molar-refractivity contribution is 0.0999. The van der Waals surface area contributed by atoms with Gasteiger partial charge in [0.1, 0.15) is 18.5 Å². The van der Waals surface area contributed by atoms with Crippen molar-refractivity contribution in [3.63, 3.8) is 0 Å². The summed E-state index contributed by atoms with van der Waals surface area (Å²) in [5, 5.41) is 15.0. The van der Waals surface area contributed by atoms with Gasteiger partial charge in [0.25, 0.3) is 0 Å². The molecule has 1 N–H and O–H groups in total. The van der Waals surface area contributed by atoms with E-state index in [2.05, 4.69) is 12.0 Å². The van der Waals surface area contributed by atoms with Crippen LogP contribution in [0.5, 0.6) is 5.75 Å². The molecular weight excluding hydrogens is 264 g/mol. The van der Waals surface area contributed by atoms with Gasteiger partial charge in [0.2, 0.25) is 0 Å². The van der Waals surface area contributed by atoms with E-state index in [1.54, 1.807) is 35.1 Å². The Hall–Kier alpha value is -1.52. The summed E-state index contributed by atoms with van der Waals surface area (Å²) in [6.07, 6.45) is 1.97. The SMILES string of the molecule is CCCn1nccc1C(O)COc1ccc(Cl)cc1. The predicted octanol–water partition coefficient (Wildman–Crippen LogP) is 3.06. The Morgan fingerprint density at radius 3 is 2.74 bits per heavy atom. The van der Waals surface area contributed by atoms with Gasteiger partial charge in [-0.1, -0.05) is 18.5 Å². The van der Waals surface area contributed by atoms with E-state index >= 15 is 0 Å². The Morgan fingerprint density at radius 2 is 2.05 bits per heavy atom. The molecule has 0 bridgehead atoms. The summed E-state index contributed by atoms with van der Waals surface area (Å²) in [7, 11) is 0. The number of rotatable bonds is 6. The Balaban J connectivity index is 1.95. The van der Waals surface area contributed by atoms with Gasteiger partial charge in [-0.2, -0.15) is 5.10 Å². The first-order valence-corrected chi connectivity index (χ1v) is 6.66. The highest BCUT2D eigenvalue weighted by atomic mass is 35.5. The average Bonchev–Trinajstić information content (AvgIpc) is 2.86. The third-order valence-electron chi connectivity index (χ3n) is 2.75. The molecule has 0 aliphatic carbocycles. The normalized spacial score (nSPS) is 12.4. The number of aliphatic hydroxyl groups is 1. The maximum absolute atomic E-state index is 10.1. The number of ether oxygens (including phenoxy) is 1. The highest BCUT2D eigenvalue weighted by Crippen LogP contribution is 2.18. The van der Waals surface area contributed by atoms with Crippen molar-refractivity contribution in [2.75, 3.05) is 6.61 Å². The fourth-order valence-electron chi connectivity index (χ4n) is 1.82. The van der Waals surface area contributed by atoms with E-state index in [1.165, 1.54) is 0 Å². The van der Waals surface area contributed by atoms with Gasteiger partial charge in [0.15, 0.2) is 0 Å². The molecule has 0 radical (unpaired) electrons. The zero-order valence-electron chi connectivity index (χ0n) is 10.8. The van der Waals surface area contributed by atoms with Gasteiger partial charge >= 0.3 is 0 Å². The van der Waals surface area contributed by atoms with Crippen LogP contribution < -0.4 is 4.74 Å². The molecule has 2 aromatic rings. The number of aryl methyl sites for hydroxylation is 1. The van der Waals surface area contributed by atoms with Crippen LogP contribution >= 0.6 is 11.6 Å². The van der Waals surface area contributed by atoms with Crippen molar-refractivity contribution < 1.29 is 9.84 Å². The van der Waals surface area contributed by atoms with Crippen molar-refractivity contribution in [2.45, 2.75) is 26.0 Å². The second kappa shape index (κ2) is 6.59. The number of benzene rings is 1. The fraction of sp³-hybridized carbons (Fsp3) is 0.357. The molecule has 102 valence electrons. The van der Waals surface area contributed by atoms with Crippen molar-refractivity contribution in [2.24, 2.45) is 0 Å². The molecule has 0 aliphatic rings. The topological polar surface area (TPSA) is 47.3 Å². The second-order valence-electron chi connectivity index (χ2n) is 4.26. The Morgan fingerprint density at radius 1 is 1.32 bits per heavy atom. The van der Waals surface area contributed by atoms with E-state index in [0.29, 0.717) is 10.8 Å². The number of aromatic nitrogens is 2. The first-order chi connectivity index (χ1) is 9.20. The maximum Gasteiger partial charge on any atom is 0.129 e. The largest absolute Gasteiger partial charge is 0.490 e.